The van der Waals surface area contributed by atoms with E-state index in [0.717, 1.165) is 32.5 Å². The number of halogens is 1. The van der Waals surface area contributed by atoms with Gasteiger partial charge in [0.15, 0.2) is 0 Å². The van der Waals surface area contributed by atoms with Crippen LogP contribution in [0.1, 0.15) is 22.5 Å². The largest absolute Gasteiger partial charge is 0.347 e. The molecule has 2 aromatic rings. The quantitative estimate of drug-likeness (QED) is 0.936. The molecule has 3 saturated heterocycles. The van der Waals surface area contributed by atoms with E-state index in [1.165, 1.54) is 36.0 Å². The highest BCUT2D eigenvalue weighted by molar-refractivity contribution is 7.16. The molecule has 3 aliphatic rings. The second-order valence-corrected chi connectivity index (χ2v) is 7.13. The average Bonchev–Trinajstić information content (AvgIpc) is 3.06. The highest BCUT2D eigenvalue weighted by atomic mass is 32.1. The number of pyridine rings is 1. The van der Waals surface area contributed by atoms with Crippen molar-refractivity contribution in [3.8, 4) is 10.6 Å². The molecule has 2 aromatic heterocycles. The first-order chi connectivity index (χ1) is 11.2. The van der Waals surface area contributed by atoms with E-state index < -0.39 is 0 Å². The third-order valence-electron chi connectivity index (χ3n) is 4.70. The van der Waals surface area contributed by atoms with Crippen molar-refractivity contribution in [1.82, 2.24) is 20.2 Å². The van der Waals surface area contributed by atoms with Crippen molar-refractivity contribution in [1.29, 1.82) is 0 Å². The number of carbonyl (C=O) groups excluding carboxylic acids is 1. The van der Waals surface area contributed by atoms with Crippen LogP contribution in [-0.2, 0) is 0 Å². The van der Waals surface area contributed by atoms with Crippen LogP contribution < -0.4 is 5.32 Å². The molecule has 0 unspecified atom stereocenters. The summed E-state index contributed by atoms with van der Waals surface area (Å²) in [5.41, 5.74) is 0.333. The van der Waals surface area contributed by atoms with Crippen LogP contribution in [0.25, 0.3) is 10.6 Å². The Kier molecular flexibility index (Phi) is 3.82. The first-order valence-electron chi connectivity index (χ1n) is 7.79. The lowest BCUT2D eigenvalue weighted by Gasteiger charge is -2.44. The molecule has 1 atom stereocenters. The van der Waals surface area contributed by atoms with Crippen LogP contribution >= 0.6 is 11.3 Å². The fourth-order valence-corrected chi connectivity index (χ4v) is 4.24. The topological polar surface area (TPSA) is 58.1 Å². The van der Waals surface area contributed by atoms with E-state index in [1.807, 2.05) is 0 Å². The SMILES string of the molecule is O=C(N[C@H]1CN2CCC1CC2)c1cnc(-c2cnccc2F)s1. The predicted octanol–water partition coefficient (Wildman–Crippen LogP) is 2.17. The number of piperidine rings is 3. The summed E-state index contributed by atoms with van der Waals surface area (Å²) in [6.45, 7) is 3.21. The van der Waals surface area contributed by atoms with Gasteiger partial charge in [-0.15, -0.1) is 11.3 Å². The maximum atomic E-state index is 13.8. The molecule has 0 saturated carbocycles. The normalized spacial score (nSPS) is 26.2. The molecule has 0 aliphatic carbocycles. The van der Waals surface area contributed by atoms with Crippen molar-refractivity contribution in [2.45, 2.75) is 18.9 Å². The van der Waals surface area contributed by atoms with Crippen molar-refractivity contribution in [3.05, 3.63) is 35.4 Å². The Hall–Kier alpha value is -1.86. The molecule has 0 aromatic carbocycles. The van der Waals surface area contributed by atoms with Gasteiger partial charge in [-0.25, -0.2) is 9.37 Å². The molecular formula is C16H17FN4OS. The Balaban J connectivity index is 1.48. The summed E-state index contributed by atoms with van der Waals surface area (Å²) < 4.78 is 13.8. The summed E-state index contributed by atoms with van der Waals surface area (Å²) in [6, 6.07) is 1.51. The van der Waals surface area contributed by atoms with Crippen LogP contribution in [0.5, 0.6) is 0 Å². The van der Waals surface area contributed by atoms with Gasteiger partial charge in [-0.2, -0.15) is 0 Å². The van der Waals surface area contributed by atoms with Crippen LogP contribution in [0.2, 0.25) is 0 Å². The van der Waals surface area contributed by atoms with Gasteiger partial charge in [-0.3, -0.25) is 9.78 Å². The molecule has 5 nitrogen and oxygen atoms in total. The molecule has 23 heavy (non-hydrogen) atoms. The summed E-state index contributed by atoms with van der Waals surface area (Å²) in [6.07, 6.45) is 6.65. The molecule has 5 rings (SSSR count). The zero-order valence-corrected chi connectivity index (χ0v) is 13.4. The molecule has 0 radical (unpaired) electrons. The van der Waals surface area contributed by atoms with Gasteiger partial charge in [0.2, 0.25) is 0 Å². The zero-order valence-electron chi connectivity index (χ0n) is 12.5. The number of nitrogens with one attached hydrogen (secondary N) is 1. The van der Waals surface area contributed by atoms with Crippen LogP contribution in [0, 0.1) is 11.7 Å². The molecule has 1 N–H and O–H groups in total. The van der Waals surface area contributed by atoms with Crippen LogP contribution in [0.3, 0.4) is 0 Å². The Morgan fingerprint density at radius 3 is 2.87 bits per heavy atom. The molecule has 1 amide bonds. The molecular weight excluding hydrogens is 315 g/mol. The van der Waals surface area contributed by atoms with Gasteiger partial charge in [-0.1, -0.05) is 0 Å². The summed E-state index contributed by atoms with van der Waals surface area (Å²) >= 11 is 1.20. The maximum Gasteiger partial charge on any atom is 0.263 e. The van der Waals surface area contributed by atoms with E-state index in [4.69, 9.17) is 0 Å². The van der Waals surface area contributed by atoms with Crippen molar-refractivity contribution < 1.29 is 9.18 Å². The predicted molar refractivity (Wildman–Crippen MR) is 85.7 cm³/mol. The number of hydrogen-bond donors (Lipinski definition) is 1. The van der Waals surface area contributed by atoms with E-state index in [1.54, 1.807) is 0 Å². The fourth-order valence-electron chi connectivity index (χ4n) is 3.41. The van der Waals surface area contributed by atoms with E-state index in [9.17, 15) is 9.18 Å². The number of thiazole rings is 1. The van der Waals surface area contributed by atoms with Crippen molar-refractivity contribution in [3.63, 3.8) is 0 Å². The molecule has 0 spiro atoms. The minimum atomic E-state index is -0.376. The van der Waals surface area contributed by atoms with Crippen LogP contribution in [0.15, 0.2) is 24.7 Å². The average molecular weight is 332 g/mol. The van der Waals surface area contributed by atoms with Gasteiger partial charge in [0.1, 0.15) is 15.7 Å². The molecule has 120 valence electrons. The third-order valence-corrected chi connectivity index (χ3v) is 5.73. The van der Waals surface area contributed by atoms with E-state index >= 15 is 0 Å². The van der Waals surface area contributed by atoms with Gasteiger partial charge < -0.3 is 10.2 Å². The van der Waals surface area contributed by atoms with Gasteiger partial charge >= 0.3 is 0 Å². The molecule has 3 fully saturated rings. The number of amides is 1. The number of carbonyl (C=O) groups is 1. The van der Waals surface area contributed by atoms with Gasteiger partial charge in [0.25, 0.3) is 5.91 Å². The second-order valence-electron chi connectivity index (χ2n) is 6.10. The number of aromatic nitrogens is 2. The highest BCUT2D eigenvalue weighted by Gasteiger charge is 2.35. The highest BCUT2D eigenvalue weighted by Crippen LogP contribution is 2.29. The van der Waals surface area contributed by atoms with E-state index in [0.29, 0.717) is 21.4 Å². The summed E-state index contributed by atoms with van der Waals surface area (Å²) in [7, 11) is 0. The monoisotopic (exact) mass is 332 g/mol. The van der Waals surface area contributed by atoms with E-state index in [-0.39, 0.29) is 17.8 Å². The van der Waals surface area contributed by atoms with Crippen molar-refractivity contribution in [2.75, 3.05) is 19.6 Å². The molecule has 7 heteroatoms. The Morgan fingerprint density at radius 1 is 1.35 bits per heavy atom. The lowest BCUT2D eigenvalue weighted by atomic mass is 9.84. The minimum Gasteiger partial charge on any atom is -0.347 e. The Bertz CT molecular complexity index is 726. The number of rotatable bonds is 3. The number of nitrogens with zero attached hydrogens (tertiary/aromatic N) is 3. The van der Waals surface area contributed by atoms with Crippen molar-refractivity contribution >= 4 is 17.2 Å². The van der Waals surface area contributed by atoms with Crippen LogP contribution in [-0.4, -0.2) is 46.5 Å². The summed E-state index contributed by atoms with van der Waals surface area (Å²) in [5.74, 6) is 0.0857. The lowest BCUT2D eigenvalue weighted by Crippen LogP contribution is -2.57. The van der Waals surface area contributed by atoms with Gasteiger partial charge in [0.05, 0.1) is 11.8 Å². The van der Waals surface area contributed by atoms with E-state index in [2.05, 4.69) is 20.2 Å². The third kappa shape index (κ3) is 2.86. The lowest BCUT2D eigenvalue weighted by molar-refractivity contribution is 0.0622. The Labute approximate surface area is 137 Å². The minimum absolute atomic E-state index is 0.114. The van der Waals surface area contributed by atoms with Gasteiger partial charge in [-0.05, 0) is 37.9 Å². The fraction of sp³-hybridized carbons (Fsp3) is 0.438. The number of fused-ring (bicyclic) bond motifs is 3. The van der Waals surface area contributed by atoms with Crippen molar-refractivity contribution in [2.24, 2.45) is 5.92 Å². The molecule has 2 bridgehead atoms. The van der Waals surface area contributed by atoms with Crippen LogP contribution in [0.4, 0.5) is 4.39 Å². The van der Waals surface area contributed by atoms with Gasteiger partial charge in [0, 0.05) is 25.0 Å². The molecule has 3 aliphatic heterocycles. The first kappa shape index (κ1) is 14.7. The maximum absolute atomic E-state index is 13.8. The molecule has 5 heterocycles. The summed E-state index contributed by atoms with van der Waals surface area (Å²) in [5, 5.41) is 3.61. The number of hydrogen-bond acceptors (Lipinski definition) is 5. The standard InChI is InChI=1S/C16H17FN4OS/c17-12-1-4-18-7-11(12)16-19-8-14(23-16)15(22)20-13-9-21-5-2-10(13)3-6-21/h1,4,7-8,10,13H,2-3,5-6,9H2,(H,20,22)/t13-/m0/s1. The zero-order chi connectivity index (χ0) is 15.8. The first-order valence-corrected chi connectivity index (χ1v) is 8.61. The Morgan fingerprint density at radius 2 is 2.17 bits per heavy atom. The summed E-state index contributed by atoms with van der Waals surface area (Å²) in [4.78, 5) is 23.5. The second kappa shape index (κ2) is 5.98. The smallest absolute Gasteiger partial charge is 0.263 e.